The van der Waals surface area contributed by atoms with E-state index >= 15 is 0 Å². The van der Waals surface area contributed by atoms with Gasteiger partial charge in [-0.3, -0.25) is 4.79 Å². The van der Waals surface area contributed by atoms with Gasteiger partial charge >= 0.3 is 0 Å². The van der Waals surface area contributed by atoms with E-state index in [9.17, 15) is 18.3 Å². The summed E-state index contributed by atoms with van der Waals surface area (Å²) in [6, 6.07) is 11.5. The molecule has 0 aliphatic carbocycles. The third kappa shape index (κ3) is 3.19. The molecule has 0 amide bonds. The summed E-state index contributed by atoms with van der Waals surface area (Å²) in [4.78, 5) is 11.5. The minimum atomic E-state index is -3.82. The standard InChI is InChI=1S/C17H18N2O4S/c1-10(20)11-3-2-4-12(7-11)16-9-17(21)14-8-13(24(18,22)23)5-6-15(14)19-16/h2-8,16-17,19,21H,9H2,1H3,(H2,18,22,23). The van der Waals surface area contributed by atoms with Crippen molar-refractivity contribution in [1.29, 1.82) is 0 Å². The van der Waals surface area contributed by atoms with Crippen LogP contribution in [-0.2, 0) is 10.0 Å². The number of aliphatic hydroxyl groups excluding tert-OH is 1. The molecule has 6 nitrogen and oxygen atoms in total. The first kappa shape index (κ1) is 16.6. The molecule has 0 aromatic heterocycles. The second-order valence-electron chi connectivity index (χ2n) is 5.92. The number of carbonyl (C=O) groups is 1. The highest BCUT2D eigenvalue weighted by Gasteiger charge is 2.27. The van der Waals surface area contributed by atoms with Crippen molar-refractivity contribution in [3.8, 4) is 0 Å². The average molecular weight is 346 g/mol. The van der Waals surface area contributed by atoms with E-state index in [1.807, 2.05) is 6.07 Å². The van der Waals surface area contributed by atoms with Crippen LogP contribution in [0.15, 0.2) is 47.4 Å². The summed E-state index contributed by atoms with van der Waals surface area (Å²) in [6.07, 6.45) is -0.462. The molecule has 1 aliphatic heterocycles. The van der Waals surface area contributed by atoms with Crippen LogP contribution < -0.4 is 10.5 Å². The Kier molecular flexibility index (Phi) is 4.16. The van der Waals surface area contributed by atoms with Gasteiger partial charge in [0.1, 0.15) is 0 Å². The third-order valence-electron chi connectivity index (χ3n) is 4.19. The van der Waals surface area contributed by atoms with Crippen molar-refractivity contribution < 1.29 is 18.3 Å². The number of Topliss-reactive ketones (excluding diaryl/α,β-unsaturated/α-hetero) is 1. The van der Waals surface area contributed by atoms with E-state index in [2.05, 4.69) is 5.32 Å². The highest BCUT2D eigenvalue weighted by atomic mass is 32.2. The molecule has 0 saturated carbocycles. The Morgan fingerprint density at radius 3 is 2.67 bits per heavy atom. The molecule has 2 atom stereocenters. The fourth-order valence-electron chi connectivity index (χ4n) is 2.92. The molecule has 2 aromatic carbocycles. The van der Waals surface area contributed by atoms with Gasteiger partial charge in [-0.15, -0.1) is 0 Å². The van der Waals surface area contributed by atoms with Crippen molar-refractivity contribution >= 4 is 21.5 Å². The Morgan fingerprint density at radius 1 is 1.25 bits per heavy atom. The molecular weight excluding hydrogens is 328 g/mol. The van der Waals surface area contributed by atoms with Gasteiger partial charge in [-0.05, 0) is 36.8 Å². The van der Waals surface area contributed by atoms with Crippen molar-refractivity contribution in [2.75, 3.05) is 5.32 Å². The number of benzene rings is 2. The summed E-state index contributed by atoms with van der Waals surface area (Å²) in [6.45, 7) is 1.51. The largest absolute Gasteiger partial charge is 0.388 e. The monoisotopic (exact) mass is 346 g/mol. The molecule has 7 heteroatoms. The number of fused-ring (bicyclic) bond motifs is 1. The van der Waals surface area contributed by atoms with Gasteiger partial charge in [0, 0.05) is 23.2 Å². The van der Waals surface area contributed by atoms with E-state index in [1.54, 1.807) is 24.3 Å². The Bertz CT molecular complexity index is 909. The molecular formula is C17H18N2O4S. The Morgan fingerprint density at radius 2 is 2.00 bits per heavy atom. The SMILES string of the molecule is CC(=O)c1cccc(C2CC(O)c3cc(S(N)(=O)=O)ccc3N2)c1. The number of nitrogens with one attached hydrogen (secondary N) is 1. The van der Waals surface area contributed by atoms with Gasteiger partial charge < -0.3 is 10.4 Å². The van der Waals surface area contributed by atoms with Crippen LogP contribution in [0.5, 0.6) is 0 Å². The maximum absolute atomic E-state index is 11.5. The van der Waals surface area contributed by atoms with Crippen LogP contribution in [0.3, 0.4) is 0 Å². The predicted molar refractivity (Wildman–Crippen MR) is 90.2 cm³/mol. The highest BCUT2D eigenvalue weighted by Crippen LogP contribution is 2.39. The molecule has 126 valence electrons. The second-order valence-corrected chi connectivity index (χ2v) is 7.49. The molecule has 1 heterocycles. The van der Waals surface area contributed by atoms with Gasteiger partial charge in [0.15, 0.2) is 5.78 Å². The first-order valence-electron chi connectivity index (χ1n) is 7.48. The number of hydrogen-bond acceptors (Lipinski definition) is 5. The summed E-state index contributed by atoms with van der Waals surface area (Å²) >= 11 is 0. The van der Waals surface area contributed by atoms with Gasteiger partial charge in [0.2, 0.25) is 10.0 Å². The Labute approximate surface area is 140 Å². The summed E-state index contributed by atoms with van der Waals surface area (Å²) in [7, 11) is -3.82. The van der Waals surface area contributed by atoms with Gasteiger partial charge in [-0.1, -0.05) is 18.2 Å². The highest BCUT2D eigenvalue weighted by molar-refractivity contribution is 7.89. The lowest BCUT2D eigenvalue weighted by atomic mass is 9.90. The number of hydrogen-bond donors (Lipinski definition) is 3. The van der Waals surface area contributed by atoms with Crippen LogP contribution in [0.1, 0.15) is 47.0 Å². The van der Waals surface area contributed by atoms with E-state index in [1.165, 1.54) is 19.1 Å². The van der Waals surface area contributed by atoms with Crippen molar-refractivity contribution in [1.82, 2.24) is 0 Å². The van der Waals surface area contributed by atoms with Crippen LogP contribution in [-0.4, -0.2) is 19.3 Å². The molecule has 2 aromatic rings. The lowest BCUT2D eigenvalue weighted by Gasteiger charge is -2.31. The normalized spacial score (nSPS) is 20.1. The number of sulfonamides is 1. The zero-order valence-corrected chi connectivity index (χ0v) is 13.9. The van der Waals surface area contributed by atoms with Gasteiger partial charge in [0.05, 0.1) is 17.0 Å². The van der Waals surface area contributed by atoms with Crippen LogP contribution in [0.25, 0.3) is 0 Å². The van der Waals surface area contributed by atoms with E-state index in [-0.39, 0.29) is 16.7 Å². The predicted octanol–water partition coefficient (Wildman–Crippen LogP) is 2.13. The van der Waals surface area contributed by atoms with Gasteiger partial charge in [-0.2, -0.15) is 0 Å². The molecule has 0 saturated heterocycles. The van der Waals surface area contributed by atoms with Crippen molar-refractivity contribution in [3.63, 3.8) is 0 Å². The average Bonchev–Trinajstić information content (AvgIpc) is 2.53. The quantitative estimate of drug-likeness (QED) is 0.738. The Hall–Kier alpha value is -2.22. The lowest BCUT2D eigenvalue weighted by Crippen LogP contribution is -2.22. The second kappa shape index (κ2) is 6.01. The molecule has 0 spiro atoms. The maximum Gasteiger partial charge on any atom is 0.238 e. The first-order chi connectivity index (χ1) is 11.3. The fraction of sp³-hybridized carbons (Fsp3) is 0.235. The summed E-state index contributed by atoms with van der Waals surface area (Å²) in [5, 5.41) is 18.8. The minimum Gasteiger partial charge on any atom is -0.388 e. The van der Waals surface area contributed by atoms with Crippen LogP contribution in [0.4, 0.5) is 5.69 Å². The summed E-state index contributed by atoms with van der Waals surface area (Å²) in [5.41, 5.74) is 2.65. The smallest absolute Gasteiger partial charge is 0.238 e. The van der Waals surface area contributed by atoms with E-state index in [0.29, 0.717) is 23.2 Å². The fourth-order valence-corrected chi connectivity index (χ4v) is 3.46. The van der Waals surface area contributed by atoms with Crippen LogP contribution in [0.2, 0.25) is 0 Å². The van der Waals surface area contributed by atoms with E-state index in [0.717, 1.165) is 5.56 Å². The zero-order valence-electron chi connectivity index (χ0n) is 13.1. The molecule has 0 radical (unpaired) electrons. The molecule has 1 aliphatic rings. The molecule has 0 bridgehead atoms. The summed E-state index contributed by atoms with van der Waals surface area (Å²) in [5.74, 6) is -0.0218. The van der Waals surface area contributed by atoms with E-state index in [4.69, 9.17) is 5.14 Å². The topological polar surface area (TPSA) is 109 Å². The molecule has 24 heavy (non-hydrogen) atoms. The third-order valence-corrected chi connectivity index (χ3v) is 5.11. The number of nitrogens with two attached hydrogens (primary N) is 1. The summed E-state index contributed by atoms with van der Waals surface area (Å²) < 4.78 is 22.9. The minimum absolute atomic E-state index is 0.0218. The number of carbonyl (C=O) groups excluding carboxylic acids is 1. The van der Waals surface area contributed by atoms with E-state index < -0.39 is 16.1 Å². The molecule has 4 N–H and O–H groups in total. The van der Waals surface area contributed by atoms with Gasteiger partial charge in [0.25, 0.3) is 0 Å². The Balaban J connectivity index is 1.95. The van der Waals surface area contributed by atoms with Crippen LogP contribution >= 0.6 is 0 Å². The number of rotatable bonds is 3. The van der Waals surface area contributed by atoms with Gasteiger partial charge in [-0.25, -0.2) is 13.6 Å². The van der Waals surface area contributed by atoms with Crippen molar-refractivity contribution in [2.24, 2.45) is 5.14 Å². The van der Waals surface area contributed by atoms with Crippen molar-refractivity contribution in [2.45, 2.75) is 30.4 Å². The first-order valence-corrected chi connectivity index (χ1v) is 9.02. The van der Waals surface area contributed by atoms with Crippen LogP contribution in [0, 0.1) is 0 Å². The molecule has 2 unspecified atom stereocenters. The number of ketones is 1. The zero-order chi connectivity index (χ0) is 17.5. The number of primary sulfonamides is 1. The molecule has 3 rings (SSSR count). The van der Waals surface area contributed by atoms with Crippen molar-refractivity contribution in [3.05, 3.63) is 59.2 Å². The maximum atomic E-state index is 11.5. The number of anilines is 1. The lowest BCUT2D eigenvalue weighted by molar-refractivity contribution is 0.101. The molecule has 0 fully saturated rings. The number of aliphatic hydroxyl groups is 1.